The fraction of sp³-hybridized carbons (Fsp3) is 0.333. The van der Waals surface area contributed by atoms with Crippen molar-refractivity contribution in [2.24, 2.45) is 0 Å². The third-order valence-electron chi connectivity index (χ3n) is 0.943. The summed E-state index contributed by atoms with van der Waals surface area (Å²) in [6.07, 6.45) is 6.85. The molecule has 0 aliphatic rings. The zero-order valence-corrected chi connectivity index (χ0v) is 10.3. The Labute approximate surface area is 100 Å². The summed E-state index contributed by atoms with van der Waals surface area (Å²) < 4.78 is 9.79. The molecule has 2 nitrogen and oxygen atoms in total. The summed E-state index contributed by atoms with van der Waals surface area (Å²) in [6, 6.07) is 0. The van der Waals surface area contributed by atoms with Gasteiger partial charge in [-0.05, 0) is 0 Å². The monoisotopic (exact) mass is 230 g/mol. The summed E-state index contributed by atoms with van der Waals surface area (Å²) in [7, 11) is 0. The van der Waals surface area contributed by atoms with Crippen LogP contribution in [-0.2, 0) is 9.47 Å². The minimum absolute atomic E-state index is 0. The second kappa shape index (κ2) is 23.2. The van der Waals surface area contributed by atoms with Crippen LogP contribution in [0.2, 0.25) is 0 Å². The van der Waals surface area contributed by atoms with E-state index in [1.807, 2.05) is 0 Å². The van der Waals surface area contributed by atoms with Gasteiger partial charge in [0.15, 0.2) is 0 Å². The van der Waals surface area contributed by atoms with Crippen molar-refractivity contribution in [1.82, 2.24) is 0 Å². The summed E-state index contributed by atoms with van der Waals surface area (Å²) in [4.78, 5) is 0. The van der Waals surface area contributed by atoms with Gasteiger partial charge < -0.3 is 9.47 Å². The zero-order valence-electron chi connectivity index (χ0n) is 9.28. The molecule has 0 aromatic heterocycles. The molecular formula is C12H22O2S. The van der Waals surface area contributed by atoms with Crippen molar-refractivity contribution in [3.63, 3.8) is 0 Å². The van der Waals surface area contributed by atoms with Gasteiger partial charge >= 0.3 is 0 Å². The molecule has 0 heterocycles. The van der Waals surface area contributed by atoms with E-state index in [1.54, 1.807) is 24.3 Å². The van der Waals surface area contributed by atoms with E-state index in [9.17, 15) is 0 Å². The third-order valence-corrected chi connectivity index (χ3v) is 0.943. The average molecular weight is 230 g/mol. The zero-order chi connectivity index (χ0) is 11.1. The van der Waals surface area contributed by atoms with Gasteiger partial charge in [0.2, 0.25) is 0 Å². The first-order valence-electron chi connectivity index (χ1n) is 4.42. The fourth-order valence-electron chi connectivity index (χ4n) is 0.469. The van der Waals surface area contributed by atoms with Crippen LogP contribution in [-0.4, -0.2) is 26.4 Å². The summed E-state index contributed by atoms with van der Waals surface area (Å²) in [5, 5.41) is 0. The van der Waals surface area contributed by atoms with E-state index in [4.69, 9.17) is 9.47 Å². The molecule has 0 N–H and O–H groups in total. The quantitative estimate of drug-likeness (QED) is 0.471. The second-order valence-electron chi connectivity index (χ2n) is 2.23. The average Bonchev–Trinajstić information content (AvgIpc) is 2.21. The van der Waals surface area contributed by atoms with Gasteiger partial charge in [0, 0.05) is 0 Å². The van der Waals surface area contributed by atoms with Crippen molar-refractivity contribution < 1.29 is 9.47 Å². The Morgan fingerprint density at radius 3 is 0.933 bits per heavy atom. The molecule has 88 valence electrons. The maximum absolute atomic E-state index is 4.90. The second-order valence-corrected chi connectivity index (χ2v) is 2.23. The molecule has 0 atom stereocenters. The lowest BCUT2D eigenvalue weighted by molar-refractivity contribution is 0.194. The summed E-state index contributed by atoms with van der Waals surface area (Å²) in [5.74, 6) is 0. The first kappa shape index (κ1) is 19.7. The van der Waals surface area contributed by atoms with Crippen LogP contribution in [0.4, 0.5) is 0 Å². The molecule has 3 heteroatoms. The van der Waals surface area contributed by atoms with E-state index >= 15 is 0 Å². The van der Waals surface area contributed by atoms with Gasteiger partial charge in [-0.3, -0.25) is 0 Å². The smallest absolute Gasteiger partial charge is 0.0649 e. The number of ether oxygens (including phenoxy) is 2. The maximum Gasteiger partial charge on any atom is 0.0649 e. The van der Waals surface area contributed by atoms with Crippen molar-refractivity contribution in [2.45, 2.75) is 0 Å². The molecule has 0 rings (SSSR count). The molecule has 0 aromatic rings. The molecule has 0 unspecified atom stereocenters. The normalized spacial score (nSPS) is 7.47. The van der Waals surface area contributed by atoms with Gasteiger partial charge in [-0.25, -0.2) is 0 Å². The Morgan fingerprint density at radius 1 is 0.600 bits per heavy atom. The Hall–Kier alpha value is -0.770. The lowest BCUT2D eigenvalue weighted by Gasteiger charge is -1.89. The molecular weight excluding hydrogens is 208 g/mol. The van der Waals surface area contributed by atoms with Crippen LogP contribution in [0.1, 0.15) is 0 Å². The van der Waals surface area contributed by atoms with Crippen LogP contribution >= 0.6 is 13.5 Å². The molecule has 0 aliphatic carbocycles. The van der Waals surface area contributed by atoms with Crippen molar-refractivity contribution in [3.05, 3.63) is 50.6 Å². The lowest BCUT2D eigenvalue weighted by atomic mass is 10.6. The van der Waals surface area contributed by atoms with Crippen LogP contribution in [0.15, 0.2) is 50.6 Å². The first-order chi connectivity index (χ1) is 6.83. The Morgan fingerprint density at radius 2 is 0.800 bits per heavy atom. The van der Waals surface area contributed by atoms with E-state index in [0.717, 1.165) is 0 Å². The molecule has 0 fully saturated rings. The standard InChI is InChI=1S/2C6H10O.H2S/c2*1-3-5-7-6-4-2;/h2*3-4H,1-2,5-6H2;1H2. The largest absolute Gasteiger partial charge is 0.373 e. The first-order valence-corrected chi connectivity index (χ1v) is 4.42. The number of hydrogen-bond acceptors (Lipinski definition) is 2. The summed E-state index contributed by atoms with van der Waals surface area (Å²) >= 11 is 0. The number of rotatable bonds is 8. The van der Waals surface area contributed by atoms with Gasteiger partial charge in [0.1, 0.15) is 0 Å². The molecule has 0 aromatic carbocycles. The molecule has 0 saturated carbocycles. The van der Waals surface area contributed by atoms with Gasteiger partial charge in [-0.1, -0.05) is 24.3 Å². The van der Waals surface area contributed by atoms with Crippen molar-refractivity contribution in [2.75, 3.05) is 26.4 Å². The Kier molecular flexibility index (Phi) is 30.6. The molecule has 0 aliphatic heterocycles. The molecule has 0 spiro atoms. The highest BCUT2D eigenvalue weighted by atomic mass is 32.1. The highest BCUT2D eigenvalue weighted by Crippen LogP contribution is 1.73. The van der Waals surface area contributed by atoms with Gasteiger partial charge in [0.05, 0.1) is 26.4 Å². The summed E-state index contributed by atoms with van der Waals surface area (Å²) in [6.45, 7) is 16.4. The molecule has 0 radical (unpaired) electrons. The van der Waals surface area contributed by atoms with E-state index in [-0.39, 0.29) is 13.5 Å². The Balaban J connectivity index is -0.000000180. The van der Waals surface area contributed by atoms with Crippen LogP contribution < -0.4 is 0 Å². The maximum atomic E-state index is 4.90. The van der Waals surface area contributed by atoms with Gasteiger partial charge in [-0.2, -0.15) is 13.5 Å². The van der Waals surface area contributed by atoms with E-state index in [0.29, 0.717) is 26.4 Å². The predicted molar refractivity (Wildman–Crippen MR) is 72.8 cm³/mol. The van der Waals surface area contributed by atoms with E-state index in [2.05, 4.69) is 26.3 Å². The van der Waals surface area contributed by atoms with Crippen molar-refractivity contribution in [1.29, 1.82) is 0 Å². The minimum Gasteiger partial charge on any atom is -0.373 e. The molecule has 0 amide bonds. The predicted octanol–water partition coefficient (Wildman–Crippen LogP) is 2.86. The number of hydrogen-bond donors (Lipinski definition) is 0. The van der Waals surface area contributed by atoms with Crippen LogP contribution in [0, 0.1) is 0 Å². The van der Waals surface area contributed by atoms with Crippen molar-refractivity contribution >= 4 is 13.5 Å². The van der Waals surface area contributed by atoms with Crippen molar-refractivity contribution in [3.8, 4) is 0 Å². The van der Waals surface area contributed by atoms with Crippen LogP contribution in [0.25, 0.3) is 0 Å². The van der Waals surface area contributed by atoms with Gasteiger partial charge in [0.25, 0.3) is 0 Å². The highest BCUT2D eigenvalue weighted by Gasteiger charge is 1.71. The van der Waals surface area contributed by atoms with E-state index in [1.165, 1.54) is 0 Å². The molecule has 0 bridgehead atoms. The Bertz CT molecular complexity index is 122. The lowest BCUT2D eigenvalue weighted by Crippen LogP contribution is -1.87. The summed E-state index contributed by atoms with van der Waals surface area (Å²) in [5.41, 5.74) is 0. The van der Waals surface area contributed by atoms with Crippen LogP contribution in [0.3, 0.4) is 0 Å². The highest BCUT2D eigenvalue weighted by molar-refractivity contribution is 7.59. The third kappa shape index (κ3) is 31.9. The SMILES string of the molecule is C=CCOCC=C.C=CCOCC=C.S. The molecule has 15 heavy (non-hydrogen) atoms. The minimum atomic E-state index is 0. The van der Waals surface area contributed by atoms with Gasteiger partial charge in [-0.15, -0.1) is 26.3 Å². The topological polar surface area (TPSA) is 18.5 Å². The fourth-order valence-corrected chi connectivity index (χ4v) is 0.469. The molecule has 0 saturated heterocycles. The van der Waals surface area contributed by atoms with E-state index < -0.39 is 0 Å². The van der Waals surface area contributed by atoms with Crippen LogP contribution in [0.5, 0.6) is 0 Å².